The molecule has 2 rings (SSSR count). The van der Waals surface area contributed by atoms with Gasteiger partial charge in [0.15, 0.2) is 0 Å². The monoisotopic (exact) mass is 322 g/mol. The SMILES string of the molecule is CSc1ccc(NS(=O)(=O)c2c(N)ccc(C)c2C)cc1. The fourth-order valence-corrected chi connectivity index (χ4v) is 3.93. The van der Waals surface area contributed by atoms with E-state index in [1.165, 1.54) is 0 Å². The summed E-state index contributed by atoms with van der Waals surface area (Å²) in [6.45, 7) is 3.62. The molecule has 2 aromatic rings. The van der Waals surface area contributed by atoms with Crippen LogP contribution in [0.2, 0.25) is 0 Å². The zero-order valence-corrected chi connectivity index (χ0v) is 13.8. The summed E-state index contributed by atoms with van der Waals surface area (Å²) in [6, 6.07) is 10.7. The highest BCUT2D eigenvalue weighted by Crippen LogP contribution is 2.27. The Bertz CT molecular complexity index is 754. The van der Waals surface area contributed by atoms with E-state index in [-0.39, 0.29) is 10.6 Å². The first-order chi connectivity index (χ1) is 9.85. The number of sulfonamides is 1. The van der Waals surface area contributed by atoms with Crippen LogP contribution in [0.25, 0.3) is 0 Å². The van der Waals surface area contributed by atoms with E-state index in [4.69, 9.17) is 5.73 Å². The lowest BCUT2D eigenvalue weighted by atomic mass is 10.1. The molecule has 0 heterocycles. The predicted octanol–water partition coefficient (Wildman–Crippen LogP) is 3.41. The normalized spacial score (nSPS) is 11.4. The number of nitrogens with two attached hydrogens (primary N) is 1. The van der Waals surface area contributed by atoms with E-state index >= 15 is 0 Å². The number of nitrogen functional groups attached to an aromatic ring is 1. The van der Waals surface area contributed by atoms with Crippen LogP contribution < -0.4 is 10.5 Å². The summed E-state index contributed by atoms with van der Waals surface area (Å²) in [4.78, 5) is 1.22. The molecule has 112 valence electrons. The van der Waals surface area contributed by atoms with Crippen molar-refractivity contribution in [2.45, 2.75) is 23.6 Å². The largest absolute Gasteiger partial charge is 0.398 e. The van der Waals surface area contributed by atoms with Gasteiger partial charge in [-0.1, -0.05) is 6.07 Å². The first-order valence-corrected chi connectivity index (χ1v) is 9.08. The number of nitrogens with one attached hydrogen (secondary N) is 1. The minimum Gasteiger partial charge on any atom is -0.398 e. The molecule has 0 spiro atoms. The zero-order valence-electron chi connectivity index (χ0n) is 12.2. The summed E-state index contributed by atoms with van der Waals surface area (Å²) >= 11 is 1.60. The van der Waals surface area contributed by atoms with Gasteiger partial charge in [0.05, 0.1) is 5.69 Å². The maximum absolute atomic E-state index is 12.6. The molecule has 0 amide bonds. The summed E-state index contributed by atoms with van der Waals surface area (Å²) in [5.41, 5.74) is 8.19. The molecular formula is C15H18N2O2S2. The van der Waals surface area contributed by atoms with Crippen LogP contribution in [0, 0.1) is 13.8 Å². The molecule has 0 unspecified atom stereocenters. The van der Waals surface area contributed by atoms with E-state index in [0.717, 1.165) is 10.5 Å². The van der Waals surface area contributed by atoms with Gasteiger partial charge in [-0.25, -0.2) is 8.42 Å². The Balaban J connectivity index is 2.41. The van der Waals surface area contributed by atoms with Crippen molar-refractivity contribution in [3.8, 4) is 0 Å². The number of thioether (sulfide) groups is 1. The molecule has 0 fully saturated rings. The summed E-state index contributed by atoms with van der Waals surface area (Å²) in [7, 11) is -3.70. The third-order valence-corrected chi connectivity index (χ3v) is 5.65. The van der Waals surface area contributed by atoms with E-state index in [9.17, 15) is 8.42 Å². The average molecular weight is 322 g/mol. The second kappa shape index (κ2) is 5.99. The summed E-state index contributed by atoms with van der Waals surface area (Å²) in [5.74, 6) is 0. The van der Waals surface area contributed by atoms with Gasteiger partial charge in [0, 0.05) is 10.6 Å². The minimum atomic E-state index is -3.70. The highest BCUT2D eigenvalue weighted by molar-refractivity contribution is 7.98. The van der Waals surface area contributed by atoms with E-state index < -0.39 is 10.0 Å². The van der Waals surface area contributed by atoms with Crippen molar-refractivity contribution in [1.82, 2.24) is 0 Å². The molecule has 21 heavy (non-hydrogen) atoms. The quantitative estimate of drug-likeness (QED) is 0.668. The number of rotatable bonds is 4. The molecule has 0 aliphatic rings. The number of benzene rings is 2. The van der Waals surface area contributed by atoms with Crippen molar-refractivity contribution in [1.29, 1.82) is 0 Å². The molecule has 4 nitrogen and oxygen atoms in total. The Hall–Kier alpha value is -1.66. The van der Waals surface area contributed by atoms with Crippen molar-refractivity contribution < 1.29 is 8.42 Å². The smallest absolute Gasteiger partial charge is 0.264 e. The molecule has 0 saturated carbocycles. The maximum Gasteiger partial charge on any atom is 0.264 e. The van der Waals surface area contributed by atoms with E-state index in [2.05, 4.69) is 4.72 Å². The third-order valence-electron chi connectivity index (χ3n) is 3.32. The lowest BCUT2D eigenvalue weighted by molar-refractivity contribution is 0.601. The molecule has 0 aromatic heterocycles. The minimum absolute atomic E-state index is 0.149. The average Bonchev–Trinajstić information content (AvgIpc) is 2.43. The standard InChI is InChI=1S/C15H18N2O2S2/c1-10-4-9-14(16)15(11(10)2)21(18,19)17-12-5-7-13(20-3)8-6-12/h4-9,17H,16H2,1-3H3. The van der Waals surface area contributed by atoms with Crippen molar-refractivity contribution in [3.63, 3.8) is 0 Å². The van der Waals surface area contributed by atoms with Crippen LogP contribution in [0.5, 0.6) is 0 Å². The van der Waals surface area contributed by atoms with Crippen LogP contribution >= 0.6 is 11.8 Å². The van der Waals surface area contributed by atoms with E-state index in [0.29, 0.717) is 11.3 Å². The van der Waals surface area contributed by atoms with Gasteiger partial charge in [-0.15, -0.1) is 11.8 Å². The molecule has 0 atom stereocenters. The predicted molar refractivity (Wildman–Crippen MR) is 89.4 cm³/mol. The number of hydrogen-bond donors (Lipinski definition) is 2. The summed E-state index contributed by atoms with van der Waals surface area (Å²) < 4.78 is 27.7. The molecule has 0 aliphatic carbocycles. The van der Waals surface area contributed by atoms with Crippen LogP contribution in [0.1, 0.15) is 11.1 Å². The van der Waals surface area contributed by atoms with Gasteiger partial charge in [-0.3, -0.25) is 4.72 Å². The molecular weight excluding hydrogens is 304 g/mol. The summed E-state index contributed by atoms with van der Waals surface area (Å²) in [6.07, 6.45) is 1.97. The number of hydrogen-bond acceptors (Lipinski definition) is 4. The van der Waals surface area contributed by atoms with Gasteiger partial charge >= 0.3 is 0 Å². The second-order valence-electron chi connectivity index (χ2n) is 4.76. The maximum atomic E-state index is 12.6. The lowest BCUT2D eigenvalue weighted by Gasteiger charge is -2.14. The van der Waals surface area contributed by atoms with Crippen LogP contribution in [0.4, 0.5) is 11.4 Å². The van der Waals surface area contributed by atoms with Gasteiger partial charge in [0.1, 0.15) is 4.90 Å². The van der Waals surface area contributed by atoms with E-state index in [1.54, 1.807) is 36.9 Å². The Morgan fingerprint density at radius 2 is 1.67 bits per heavy atom. The van der Waals surface area contributed by atoms with Crippen molar-refractivity contribution in [2.24, 2.45) is 0 Å². The van der Waals surface area contributed by atoms with Crippen molar-refractivity contribution in [2.75, 3.05) is 16.7 Å². The molecule has 0 aliphatic heterocycles. The summed E-state index contributed by atoms with van der Waals surface area (Å²) in [5, 5.41) is 0. The van der Waals surface area contributed by atoms with Gasteiger partial charge < -0.3 is 5.73 Å². The number of anilines is 2. The molecule has 3 N–H and O–H groups in total. The van der Waals surface area contributed by atoms with Crippen molar-refractivity contribution in [3.05, 3.63) is 47.5 Å². The van der Waals surface area contributed by atoms with Crippen LogP contribution in [-0.2, 0) is 10.0 Å². The highest BCUT2D eigenvalue weighted by atomic mass is 32.2. The highest BCUT2D eigenvalue weighted by Gasteiger charge is 2.21. The Kier molecular flexibility index (Phi) is 4.49. The fourth-order valence-electron chi connectivity index (χ4n) is 2.03. The topological polar surface area (TPSA) is 72.2 Å². The molecule has 0 saturated heterocycles. The van der Waals surface area contributed by atoms with Crippen LogP contribution in [-0.4, -0.2) is 14.7 Å². The number of aryl methyl sites for hydroxylation is 1. The first-order valence-electron chi connectivity index (χ1n) is 6.37. The Labute approximate surface area is 129 Å². The van der Waals surface area contributed by atoms with Gasteiger partial charge in [0.25, 0.3) is 10.0 Å². The first kappa shape index (κ1) is 15.7. The zero-order chi connectivity index (χ0) is 15.6. The fraction of sp³-hybridized carbons (Fsp3) is 0.200. The van der Waals surface area contributed by atoms with Gasteiger partial charge in [-0.2, -0.15) is 0 Å². The van der Waals surface area contributed by atoms with Crippen molar-refractivity contribution >= 4 is 33.2 Å². The Morgan fingerprint density at radius 1 is 1.05 bits per heavy atom. The van der Waals surface area contributed by atoms with Crippen LogP contribution in [0.15, 0.2) is 46.2 Å². The Morgan fingerprint density at radius 3 is 2.24 bits per heavy atom. The third kappa shape index (κ3) is 3.33. The van der Waals surface area contributed by atoms with E-state index in [1.807, 2.05) is 31.4 Å². The molecule has 2 aromatic carbocycles. The van der Waals surface area contributed by atoms with Gasteiger partial charge in [0.2, 0.25) is 0 Å². The van der Waals surface area contributed by atoms with Crippen LogP contribution in [0.3, 0.4) is 0 Å². The molecule has 0 bridgehead atoms. The molecule has 6 heteroatoms. The second-order valence-corrected chi connectivity index (χ2v) is 7.26. The van der Waals surface area contributed by atoms with Gasteiger partial charge in [-0.05, 0) is 61.6 Å². The lowest BCUT2D eigenvalue weighted by Crippen LogP contribution is -2.16. The molecule has 0 radical (unpaired) electrons.